The second kappa shape index (κ2) is 4.81. The zero-order chi connectivity index (χ0) is 12.6. The molecule has 0 radical (unpaired) electrons. The van der Waals surface area contributed by atoms with E-state index in [1.165, 1.54) is 29.5 Å². The van der Waals surface area contributed by atoms with E-state index in [9.17, 15) is 0 Å². The van der Waals surface area contributed by atoms with Gasteiger partial charge < -0.3 is 5.73 Å². The molecule has 1 atom stereocenters. The van der Waals surface area contributed by atoms with Crippen LogP contribution in [0.15, 0.2) is 12.1 Å². The quantitative estimate of drug-likeness (QED) is 0.808. The standard InChI is InChI=1S/C16H25N/c1-10(2)12-8-14(11(3)4)13-6-5-7-16(17)15(13)9-12/h8-11,16H,5-7,17H2,1-4H3/t16-/m0/s1. The normalized spacial score (nSPS) is 19.8. The number of fused-ring (bicyclic) bond motifs is 1. The number of rotatable bonds is 2. The molecule has 1 aromatic carbocycles. The molecule has 1 heteroatoms. The van der Waals surface area contributed by atoms with Gasteiger partial charge in [0.05, 0.1) is 0 Å². The highest BCUT2D eigenvalue weighted by Gasteiger charge is 2.22. The first-order valence-electron chi connectivity index (χ1n) is 6.93. The van der Waals surface area contributed by atoms with E-state index in [0.717, 1.165) is 6.42 Å². The zero-order valence-electron chi connectivity index (χ0n) is 11.6. The third kappa shape index (κ3) is 2.40. The molecule has 0 amide bonds. The monoisotopic (exact) mass is 231 g/mol. The van der Waals surface area contributed by atoms with Crippen molar-refractivity contribution in [1.82, 2.24) is 0 Å². The van der Waals surface area contributed by atoms with Crippen molar-refractivity contribution in [2.24, 2.45) is 5.73 Å². The van der Waals surface area contributed by atoms with E-state index in [-0.39, 0.29) is 6.04 Å². The second-order valence-corrected chi connectivity index (χ2v) is 5.99. The maximum absolute atomic E-state index is 6.28. The van der Waals surface area contributed by atoms with Crippen molar-refractivity contribution in [3.63, 3.8) is 0 Å². The van der Waals surface area contributed by atoms with E-state index in [1.54, 1.807) is 5.56 Å². The molecule has 1 aromatic rings. The van der Waals surface area contributed by atoms with E-state index < -0.39 is 0 Å². The van der Waals surface area contributed by atoms with Gasteiger partial charge in [-0.05, 0) is 53.4 Å². The van der Waals surface area contributed by atoms with Crippen LogP contribution in [0.5, 0.6) is 0 Å². The molecule has 1 nitrogen and oxygen atoms in total. The Hall–Kier alpha value is -0.820. The first-order valence-corrected chi connectivity index (χ1v) is 6.93. The minimum Gasteiger partial charge on any atom is -0.324 e. The molecule has 0 bridgehead atoms. The van der Waals surface area contributed by atoms with Crippen LogP contribution in [0.3, 0.4) is 0 Å². The van der Waals surface area contributed by atoms with Crippen LogP contribution in [-0.2, 0) is 6.42 Å². The lowest BCUT2D eigenvalue weighted by atomic mass is 9.80. The number of hydrogen-bond donors (Lipinski definition) is 1. The Morgan fingerprint density at radius 3 is 2.41 bits per heavy atom. The molecule has 0 aromatic heterocycles. The van der Waals surface area contributed by atoms with Gasteiger partial charge in [0.2, 0.25) is 0 Å². The average molecular weight is 231 g/mol. The van der Waals surface area contributed by atoms with Crippen molar-refractivity contribution in [2.75, 3.05) is 0 Å². The van der Waals surface area contributed by atoms with Crippen molar-refractivity contribution in [2.45, 2.75) is 64.8 Å². The van der Waals surface area contributed by atoms with Gasteiger partial charge in [-0.15, -0.1) is 0 Å². The van der Waals surface area contributed by atoms with Crippen LogP contribution in [0.2, 0.25) is 0 Å². The molecule has 1 aliphatic carbocycles. The van der Waals surface area contributed by atoms with Crippen LogP contribution >= 0.6 is 0 Å². The van der Waals surface area contributed by atoms with Crippen LogP contribution in [0.4, 0.5) is 0 Å². The van der Waals surface area contributed by atoms with Crippen molar-refractivity contribution in [3.05, 3.63) is 34.4 Å². The molecular weight excluding hydrogens is 206 g/mol. The highest BCUT2D eigenvalue weighted by atomic mass is 14.6. The molecule has 94 valence electrons. The Labute approximate surface area is 105 Å². The van der Waals surface area contributed by atoms with E-state index >= 15 is 0 Å². The van der Waals surface area contributed by atoms with Crippen molar-refractivity contribution in [3.8, 4) is 0 Å². The largest absolute Gasteiger partial charge is 0.324 e. The average Bonchev–Trinajstić information content (AvgIpc) is 2.28. The van der Waals surface area contributed by atoms with Crippen LogP contribution in [-0.4, -0.2) is 0 Å². The summed E-state index contributed by atoms with van der Waals surface area (Å²) in [6.45, 7) is 9.11. The summed E-state index contributed by atoms with van der Waals surface area (Å²) in [7, 11) is 0. The molecule has 0 aliphatic heterocycles. The van der Waals surface area contributed by atoms with E-state index in [2.05, 4.69) is 39.8 Å². The lowest BCUT2D eigenvalue weighted by Gasteiger charge is -2.28. The summed E-state index contributed by atoms with van der Waals surface area (Å²) in [5.41, 5.74) is 12.2. The van der Waals surface area contributed by atoms with Gasteiger partial charge in [0.25, 0.3) is 0 Å². The van der Waals surface area contributed by atoms with Gasteiger partial charge in [-0.1, -0.05) is 39.8 Å². The highest BCUT2D eigenvalue weighted by molar-refractivity contribution is 5.44. The van der Waals surface area contributed by atoms with Crippen LogP contribution < -0.4 is 5.73 Å². The summed E-state index contributed by atoms with van der Waals surface area (Å²) in [5, 5.41) is 0. The van der Waals surface area contributed by atoms with E-state index in [1.807, 2.05) is 0 Å². The Bertz CT molecular complexity index is 387. The Morgan fingerprint density at radius 2 is 1.82 bits per heavy atom. The summed E-state index contributed by atoms with van der Waals surface area (Å²) in [5.74, 6) is 1.19. The maximum atomic E-state index is 6.28. The summed E-state index contributed by atoms with van der Waals surface area (Å²) in [4.78, 5) is 0. The smallest absolute Gasteiger partial charge is 0.0297 e. The Kier molecular flexibility index (Phi) is 3.58. The van der Waals surface area contributed by atoms with Gasteiger partial charge in [0.1, 0.15) is 0 Å². The fourth-order valence-corrected chi connectivity index (χ4v) is 2.86. The van der Waals surface area contributed by atoms with Gasteiger partial charge in [-0.3, -0.25) is 0 Å². The first-order chi connectivity index (χ1) is 8.00. The molecule has 0 fully saturated rings. The van der Waals surface area contributed by atoms with Gasteiger partial charge in [0.15, 0.2) is 0 Å². The fourth-order valence-electron chi connectivity index (χ4n) is 2.86. The van der Waals surface area contributed by atoms with Crippen LogP contribution in [0, 0.1) is 0 Å². The SMILES string of the molecule is CC(C)c1cc(C(C)C)c2c(c1)[C@@H](N)CCC2. The fraction of sp³-hybridized carbons (Fsp3) is 0.625. The molecule has 0 unspecified atom stereocenters. The summed E-state index contributed by atoms with van der Waals surface area (Å²) >= 11 is 0. The minimum atomic E-state index is 0.259. The minimum absolute atomic E-state index is 0.259. The topological polar surface area (TPSA) is 26.0 Å². The van der Waals surface area contributed by atoms with Crippen molar-refractivity contribution in [1.29, 1.82) is 0 Å². The predicted octanol–water partition coefficient (Wildman–Crippen LogP) is 4.27. The van der Waals surface area contributed by atoms with E-state index in [0.29, 0.717) is 11.8 Å². The predicted molar refractivity (Wildman–Crippen MR) is 74.5 cm³/mol. The number of benzene rings is 1. The molecule has 0 saturated carbocycles. The number of hydrogen-bond acceptors (Lipinski definition) is 1. The van der Waals surface area contributed by atoms with Crippen LogP contribution in [0.1, 0.15) is 80.7 Å². The maximum Gasteiger partial charge on any atom is 0.0297 e. The van der Waals surface area contributed by atoms with Gasteiger partial charge in [0, 0.05) is 6.04 Å². The molecular formula is C16H25N. The molecule has 0 spiro atoms. The summed E-state index contributed by atoms with van der Waals surface area (Å²) in [6.07, 6.45) is 3.61. The lowest BCUT2D eigenvalue weighted by Crippen LogP contribution is -2.19. The summed E-state index contributed by atoms with van der Waals surface area (Å²) in [6, 6.07) is 5.02. The van der Waals surface area contributed by atoms with Crippen molar-refractivity contribution >= 4 is 0 Å². The highest BCUT2D eigenvalue weighted by Crippen LogP contribution is 2.36. The van der Waals surface area contributed by atoms with E-state index in [4.69, 9.17) is 5.73 Å². The number of nitrogens with two attached hydrogens (primary N) is 1. The van der Waals surface area contributed by atoms with Crippen molar-refractivity contribution < 1.29 is 0 Å². The lowest BCUT2D eigenvalue weighted by molar-refractivity contribution is 0.562. The van der Waals surface area contributed by atoms with Gasteiger partial charge in [-0.2, -0.15) is 0 Å². The van der Waals surface area contributed by atoms with Gasteiger partial charge in [-0.25, -0.2) is 0 Å². The third-order valence-corrected chi connectivity index (χ3v) is 3.97. The first kappa shape index (κ1) is 12.6. The molecule has 2 N–H and O–H groups in total. The molecule has 2 rings (SSSR count). The van der Waals surface area contributed by atoms with Crippen LogP contribution in [0.25, 0.3) is 0 Å². The Morgan fingerprint density at radius 1 is 1.12 bits per heavy atom. The Balaban J connectivity index is 2.58. The third-order valence-electron chi connectivity index (χ3n) is 3.97. The zero-order valence-corrected chi connectivity index (χ0v) is 11.6. The molecule has 17 heavy (non-hydrogen) atoms. The molecule has 0 saturated heterocycles. The second-order valence-electron chi connectivity index (χ2n) is 5.99. The molecule has 1 aliphatic rings. The summed E-state index contributed by atoms with van der Waals surface area (Å²) < 4.78 is 0. The van der Waals surface area contributed by atoms with Gasteiger partial charge >= 0.3 is 0 Å². The molecule has 0 heterocycles.